The van der Waals surface area contributed by atoms with Crippen LogP contribution in [0.15, 0.2) is 0 Å². The van der Waals surface area contributed by atoms with Gasteiger partial charge in [-0.2, -0.15) is 0 Å². The summed E-state index contributed by atoms with van der Waals surface area (Å²) in [5, 5.41) is 8.57. The smallest absolute Gasteiger partial charge is 0.317 e. The molecule has 0 aliphatic carbocycles. The molecule has 0 spiro atoms. The monoisotopic (exact) mass is 188 g/mol. The zero-order valence-electron chi connectivity index (χ0n) is 7.83. The number of carboxylic acids is 1. The van der Waals surface area contributed by atoms with Crippen LogP contribution < -0.4 is 10.6 Å². The Balaban J connectivity index is 2.18. The van der Waals surface area contributed by atoms with E-state index in [4.69, 9.17) is 10.8 Å². The Kier molecular flexibility index (Phi) is 4.14. The summed E-state index contributed by atoms with van der Waals surface area (Å²) < 4.78 is 0. The highest BCUT2D eigenvalue weighted by molar-refractivity contribution is 5.69. The molecule has 5 heteroatoms. The zero-order chi connectivity index (χ0) is 9.68. The molecular formula is C8H18N3O2+. The van der Waals surface area contributed by atoms with E-state index in [1.165, 1.54) is 4.90 Å². The number of carboxylic acid groups (broad SMARTS) is 1. The van der Waals surface area contributed by atoms with E-state index in [0.29, 0.717) is 6.54 Å². The fourth-order valence-electron chi connectivity index (χ4n) is 1.67. The number of hydrogen-bond acceptors (Lipinski definition) is 3. The van der Waals surface area contributed by atoms with Crippen LogP contribution in [-0.4, -0.2) is 61.8 Å². The van der Waals surface area contributed by atoms with E-state index in [-0.39, 0.29) is 6.54 Å². The molecule has 13 heavy (non-hydrogen) atoms. The predicted molar refractivity (Wildman–Crippen MR) is 48.7 cm³/mol. The summed E-state index contributed by atoms with van der Waals surface area (Å²) in [5.41, 5.74) is 5.45. The molecule has 0 saturated carbocycles. The molecule has 1 aliphatic heterocycles. The number of piperazine rings is 1. The summed E-state index contributed by atoms with van der Waals surface area (Å²) in [5.74, 6) is -0.734. The molecule has 76 valence electrons. The number of hydrogen-bond donors (Lipinski definition) is 3. The molecule has 1 heterocycles. The van der Waals surface area contributed by atoms with Gasteiger partial charge in [-0.15, -0.1) is 0 Å². The van der Waals surface area contributed by atoms with Gasteiger partial charge in [-0.25, -0.2) is 0 Å². The molecule has 0 aromatic rings. The van der Waals surface area contributed by atoms with E-state index in [1.54, 1.807) is 0 Å². The Morgan fingerprint density at radius 3 is 2.54 bits per heavy atom. The Morgan fingerprint density at radius 2 is 2.08 bits per heavy atom. The zero-order valence-corrected chi connectivity index (χ0v) is 7.83. The summed E-state index contributed by atoms with van der Waals surface area (Å²) >= 11 is 0. The van der Waals surface area contributed by atoms with Gasteiger partial charge >= 0.3 is 5.97 Å². The fourth-order valence-corrected chi connectivity index (χ4v) is 1.67. The van der Waals surface area contributed by atoms with Crippen molar-refractivity contribution < 1.29 is 14.8 Å². The maximum atomic E-state index is 10.4. The van der Waals surface area contributed by atoms with Crippen LogP contribution in [0.4, 0.5) is 0 Å². The van der Waals surface area contributed by atoms with E-state index in [0.717, 1.165) is 32.7 Å². The van der Waals surface area contributed by atoms with Gasteiger partial charge in [-0.1, -0.05) is 0 Å². The summed E-state index contributed by atoms with van der Waals surface area (Å²) in [4.78, 5) is 13.9. The molecule has 0 amide bonds. The molecule has 0 atom stereocenters. The number of aliphatic carboxylic acids is 1. The van der Waals surface area contributed by atoms with Crippen LogP contribution in [0, 0.1) is 0 Å². The largest absolute Gasteiger partial charge is 0.480 e. The van der Waals surface area contributed by atoms with Gasteiger partial charge in [0.1, 0.15) is 0 Å². The Morgan fingerprint density at radius 1 is 1.46 bits per heavy atom. The second kappa shape index (κ2) is 5.16. The maximum Gasteiger partial charge on any atom is 0.317 e. The molecule has 0 radical (unpaired) electrons. The average Bonchev–Trinajstić information content (AvgIpc) is 2.08. The topological polar surface area (TPSA) is 71.0 Å². The third kappa shape index (κ3) is 3.71. The molecule has 1 fully saturated rings. The summed E-state index contributed by atoms with van der Waals surface area (Å²) in [6, 6.07) is 0. The molecule has 4 N–H and O–H groups in total. The standard InChI is InChI=1S/C8H17N3O2/c9-1-2-10-3-5-11(6-4-10)7-8(12)13/h1-7,9H2,(H,12,13)/p+1. The first-order valence-corrected chi connectivity index (χ1v) is 4.70. The van der Waals surface area contributed by atoms with Crippen molar-refractivity contribution in [3.8, 4) is 0 Å². The van der Waals surface area contributed by atoms with Crippen molar-refractivity contribution in [3.63, 3.8) is 0 Å². The van der Waals surface area contributed by atoms with E-state index in [1.807, 2.05) is 4.90 Å². The average molecular weight is 188 g/mol. The lowest BCUT2D eigenvalue weighted by atomic mass is 10.3. The minimum absolute atomic E-state index is 0.176. The second-order valence-electron chi connectivity index (χ2n) is 3.46. The van der Waals surface area contributed by atoms with Crippen LogP contribution in [0.2, 0.25) is 0 Å². The SMILES string of the molecule is NCC[NH+]1CCN(CC(=O)O)CC1. The van der Waals surface area contributed by atoms with Crippen LogP contribution >= 0.6 is 0 Å². The van der Waals surface area contributed by atoms with Gasteiger partial charge in [0.15, 0.2) is 0 Å². The summed E-state index contributed by atoms with van der Waals surface area (Å²) in [6.07, 6.45) is 0. The highest BCUT2D eigenvalue weighted by atomic mass is 16.4. The Labute approximate surface area is 78.1 Å². The van der Waals surface area contributed by atoms with Crippen molar-refractivity contribution in [2.45, 2.75) is 0 Å². The minimum atomic E-state index is -0.734. The van der Waals surface area contributed by atoms with Gasteiger partial charge in [0, 0.05) is 19.6 Å². The van der Waals surface area contributed by atoms with Gasteiger partial charge in [-0.05, 0) is 0 Å². The van der Waals surface area contributed by atoms with E-state index in [9.17, 15) is 4.79 Å². The normalized spacial score (nSPS) is 20.4. The van der Waals surface area contributed by atoms with Crippen molar-refractivity contribution in [1.29, 1.82) is 0 Å². The number of nitrogens with one attached hydrogen (secondary N) is 1. The molecule has 0 aromatic carbocycles. The molecule has 1 aliphatic rings. The van der Waals surface area contributed by atoms with Crippen LogP contribution in [0.3, 0.4) is 0 Å². The molecule has 1 saturated heterocycles. The van der Waals surface area contributed by atoms with Crippen LogP contribution in [0.1, 0.15) is 0 Å². The predicted octanol–water partition coefficient (Wildman–Crippen LogP) is -2.77. The lowest BCUT2D eigenvalue weighted by molar-refractivity contribution is -0.903. The van der Waals surface area contributed by atoms with Crippen LogP contribution in [0.5, 0.6) is 0 Å². The number of nitrogens with two attached hydrogens (primary N) is 1. The van der Waals surface area contributed by atoms with Gasteiger partial charge in [0.2, 0.25) is 0 Å². The fraction of sp³-hybridized carbons (Fsp3) is 0.875. The molecular weight excluding hydrogens is 170 g/mol. The van der Waals surface area contributed by atoms with Crippen molar-refractivity contribution in [2.75, 3.05) is 45.8 Å². The lowest BCUT2D eigenvalue weighted by Crippen LogP contribution is -3.15. The number of rotatable bonds is 4. The first-order chi connectivity index (χ1) is 6.22. The minimum Gasteiger partial charge on any atom is -0.480 e. The number of quaternary nitrogens is 1. The Hall–Kier alpha value is -0.650. The van der Waals surface area contributed by atoms with Gasteiger partial charge < -0.3 is 15.7 Å². The van der Waals surface area contributed by atoms with Gasteiger partial charge in [0.05, 0.1) is 26.2 Å². The summed E-state index contributed by atoms with van der Waals surface area (Å²) in [7, 11) is 0. The van der Waals surface area contributed by atoms with Gasteiger partial charge in [0.25, 0.3) is 0 Å². The van der Waals surface area contributed by atoms with Crippen LogP contribution in [0.25, 0.3) is 0 Å². The third-order valence-electron chi connectivity index (χ3n) is 2.42. The highest BCUT2D eigenvalue weighted by Crippen LogP contribution is 1.87. The number of nitrogens with zero attached hydrogens (tertiary/aromatic N) is 1. The lowest BCUT2D eigenvalue weighted by Gasteiger charge is -2.30. The van der Waals surface area contributed by atoms with Crippen LogP contribution in [-0.2, 0) is 4.79 Å². The molecule has 5 nitrogen and oxygen atoms in total. The molecule has 0 aromatic heterocycles. The highest BCUT2D eigenvalue weighted by Gasteiger charge is 2.20. The molecule has 1 rings (SSSR count). The van der Waals surface area contributed by atoms with Crippen molar-refractivity contribution >= 4 is 5.97 Å². The van der Waals surface area contributed by atoms with E-state index >= 15 is 0 Å². The first-order valence-electron chi connectivity index (χ1n) is 4.70. The van der Waals surface area contributed by atoms with Crippen molar-refractivity contribution in [1.82, 2.24) is 4.90 Å². The van der Waals surface area contributed by atoms with E-state index < -0.39 is 5.97 Å². The molecule has 0 bridgehead atoms. The van der Waals surface area contributed by atoms with Crippen molar-refractivity contribution in [2.24, 2.45) is 5.73 Å². The van der Waals surface area contributed by atoms with Crippen molar-refractivity contribution in [3.05, 3.63) is 0 Å². The first kappa shape index (κ1) is 10.4. The quantitative estimate of drug-likeness (QED) is 0.447. The summed E-state index contributed by atoms with van der Waals surface area (Å²) in [6.45, 7) is 5.68. The maximum absolute atomic E-state index is 10.4. The number of carbonyl (C=O) groups is 1. The second-order valence-corrected chi connectivity index (χ2v) is 3.46. The van der Waals surface area contributed by atoms with Gasteiger partial charge in [-0.3, -0.25) is 9.69 Å². The van der Waals surface area contributed by atoms with E-state index in [2.05, 4.69) is 0 Å². The Bertz CT molecular complexity index is 167. The third-order valence-corrected chi connectivity index (χ3v) is 2.42. The molecule has 0 unspecified atom stereocenters.